The van der Waals surface area contributed by atoms with E-state index in [9.17, 15) is 13.2 Å². The van der Waals surface area contributed by atoms with Crippen LogP contribution < -0.4 is 14.8 Å². The number of anilines is 1. The average Bonchev–Trinajstić information content (AvgIpc) is 3.29. The molecule has 0 bridgehead atoms. The van der Waals surface area contributed by atoms with Crippen LogP contribution in [0.5, 0.6) is 5.75 Å². The molecule has 1 atom stereocenters. The molecule has 11 heteroatoms. The Morgan fingerprint density at radius 3 is 2.56 bits per heavy atom. The normalized spacial score (nSPS) is 19.3. The molecule has 178 valence electrons. The Kier molecular flexibility index (Phi) is 6.32. The van der Waals surface area contributed by atoms with Crippen LogP contribution in [0.1, 0.15) is 60.5 Å². The number of hydrogen-bond acceptors (Lipinski definition) is 7. The summed E-state index contributed by atoms with van der Waals surface area (Å²) in [5, 5.41) is 10.9. The molecule has 34 heavy (non-hydrogen) atoms. The summed E-state index contributed by atoms with van der Waals surface area (Å²) in [5.41, 5.74) is 0.820. The second-order valence-corrected chi connectivity index (χ2v) is 11.9. The van der Waals surface area contributed by atoms with Crippen LogP contribution in [0.3, 0.4) is 0 Å². The number of rotatable bonds is 5. The SMILES string of the molecule is O=C(Nc1nnc(S(=O)(=O)N[C@H]2CC3(CCCCC3)Oc3ccccc32)s1)c1ccc(Cl)cc1. The Morgan fingerprint density at radius 1 is 1.06 bits per heavy atom. The molecule has 1 fully saturated rings. The number of sulfonamides is 1. The van der Waals surface area contributed by atoms with Crippen molar-refractivity contribution in [3.63, 3.8) is 0 Å². The molecule has 0 radical (unpaired) electrons. The number of benzene rings is 2. The fourth-order valence-corrected chi connectivity index (χ4v) is 6.86. The van der Waals surface area contributed by atoms with Crippen LogP contribution in [0, 0.1) is 0 Å². The van der Waals surface area contributed by atoms with E-state index < -0.39 is 22.0 Å². The monoisotopic (exact) mass is 518 g/mol. The summed E-state index contributed by atoms with van der Waals surface area (Å²) in [5.74, 6) is 0.291. The van der Waals surface area contributed by atoms with Gasteiger partial charge in [-0.2, -0.15) is 0 Å². The molecule has 0 saturated heterocycles. The van der Waals surface area contributed by atoms with Gasteiger partial charge in [-0.25, -0.2) is 13.1 Å². The largest absolute Gasteiger partial charge is 0.487 e. The van der Waals surface area contributed by atoms with E-state index in [1.54, 1.807) is 24.3 Å². The van der Waals surface area contributed by atoms with Crippen molar-refractivity contribution in [2.45, 2.75) is 54.5 Å². The number of aromatic nitrogens is 2. The third-order valence-corrected chi connectivity index (χ3v) is 9.15. The Bertz CT molecular complexity index is 1300. The third kappa shape index (κ3) is 4.81. The number of halogens is 1. The van der Waals surface area contributed by atoms with E-state index in [1.807, 2.05) is 24.3 Å². The van der Waals surface area contributed by atoms with Gasteiger partial charge in [0.05, 0.1) is 6.04 Å². The molecule has 5 rings (SSSR count). The van der Waals surface area contributed by atoms with E-state index in [1.165, 1.54) is 6.42 Å². The summed E-state index contributed by atoms with van der Waals surface area (Å²) in [7, 11) is -3.97. The van der Waals surface area contributed by atoms with Crippen LogP contribution >= 0.6 is 22.9 Å². The van der Waals surface area contributed by atoms with Crippen molar-refractivity contribution in [2.75, 3.05) is 5.32 Å². The van der Waals surface area contributed by atoms with E-state index in [0.29, 0.717) is 17.0 Å². The Morgan fingerprint density at radius 2 is 1.79 bits per heavy atom. The number of hydrogen-bond donors (Lipinski definition) is 2. The topological polar surface area (TPSA) is 110 Å². The zero-order chi connectivity index (χ0) is 23.8. The van der Waals surface area contributed by atoms with Crippen molar-refractivity contribution in [3.05, 3.63) is 64.7 Å². The standard InChI is InChI=1S/C23H23ClN4O4S2/c24-16-10-8-15(9-11-16)20(29)25-21-26-27-22(33-21)34(30,31)28-18-14-23(12-4-1-5-13-23)32-19-7-3-2-6-17(18)19/h2-3,6-11,18,28H,1,4-5,12-14H2,(H,25,26,29)/t18-/m0/s1. The van der Waals surface area contributed by atoms with Crippen LogP contribution in [0.4, 0.5) is 5.13 Å². The highest BCUT2D eigenvalue weighted by Gasteiger charge is 2.43. The smallest absolute Gasteiger partial charge is 0.270 e. The van der Waals surface area contributed by atoms with Crippen molar-refractivity contribution < 1.29 is 17.9 Å². The predicted octanol–water partition coefficient (Wildman–Crippen LogP) is 4.95. The van der Waals surface area contributed by atoms with Gasteiger partial charge in [0.15, 0.2) is 0 Å². The first-order valence-corrected chi connectivity index (χ1v) is 13.7. The van der Waals surface area contributed by atoms with Gasteiger partial charge in [0.1, 0.15) is 11.4 Å². The first-order chi connectivity index (χ1) is 16.3. The molecule has 1 saturated carbocycles. The summed E-state index contributed by atoms with van der Waals surface area (Å²) in [6.07, 6.45) is 5.66. The van der Waals surface area contributed by atoms with Gasteiger partial charge in [-0.1, -0.05) is 47.6 Å². The molecule has 1 amide bonds. The lowest BCUT2D eigenvalue weighted by Crippen LogP contribution is -2.46. The van der Waals surface area contributed by atoms with Gasteiger partial charge in [-0.15, -0.1) is 10.2 Å². The zero-order valence-corrected chi connectivity index (χ0v) is 20.5. The van der Waals surface area contributed by atoms with Crippen LogP contribution in [-0.2, 0) is 10.0 Å². The lowest BCUT2D eigenvalue weighted by molar-refractivity contribution is 0.0000717. The van der Waals surface area contributed by atoms with E-state index in [0.717, 1.165) is 48.3 Å². The second-order valence-electron chi connectivity index (χ2n) is 8.60. The number of carbonyl (C=O) groups excluding carboxylic acids is 1. The van der Waals surface area contributed by atoms with Crippen LogP contribution in [0.2, 0.25) is 5.02 Å². The number of amides is 1. The average molecular weight is 519 g/mol. The van der Waals surface area contributed by atoms with Crippen LogP contribution in [0.25, 0.3) is 0 Å². The summed E-state index contributed by atoms with van der Waals surface area (Å²) < 4.78 is 35.4. The van der Waals surface area contributed by atoms with E-state index in [4.69, 9.17) is 16.3 Å². The molecule has 0 unspecified atom stereocenters. The molecule has 2 heterocycles. The number of fused-ring (bicyclic) bond motifs is 1. The maximum atomic E-state index is 13.2. The maximum absolute atomic E-state index is 13.2. The fraction of sp³-hybridized carbons (Fsp3) is 0.348. The minimum absolute atomic E-state index is 0.0939. The number of carbonyl (C=O) groups is 1. The molecule has 3 aromatic rings. The molecule has 2 N–H and O–H groups in total. The summed E-state index contributed by atoms with van der Waals surface area (Å²) in [6.45, 7) is 0. The molecule has 2 aliphatic rings. The highest BCUT2D eigenvalue weighted by molar-refractivity contribution is 7.91. The highest BCUT2D eigenvalue weighted by Crippen LogP contribution is 2.46. The van der Waals surface area contributed by atoms with Crippen molar-refractivity contribution in [1.82, 2.24) is 14.9 Å². The third-order valence-electron chi connectivity index (χ3n) is 6.22. The van der Waals surface area contributed by atoms with Gasteiger partial charge in [0, 0.05) is 22.6 Å². The Balaban J connectivity index is 1.35. The second kappa shape index (κ2) is 9.26. The van der Waals surface area contributed by atoms with Crippen molar-refractivity contribution in [1.29, 1.82) is 0 Å². The molecular weight excluding hydrogens is 496 g/mol. The first-order valence-electron chi connectivity index (χ1n) is 11.0. The van der Waals surface area contributed by atoms with E-state index in [2.05, 4.69) is 20.2 Å². The summed E-state index contributed by atoms with van der Waals surface area (Å²) in [4.78, 5) is 12.4. The van der Waals surface area contributed by atoms with Gasteiger partial charge < -0.3 is 4.74 Å². The quantitative estimate of drug-likeness (QED) is 0.462. The van der Waals surface area contributed by atoms with Crippen LogP contribution in [0.15, 0.2) is 52.9 Å². The predicted molar refractivity (Wildman–Crippen MR) is 130 cm³/mol. The van der Waals surface area contributed by atoms with Gasteiger partial charge in [0.25, 0.3) is 15.9 Å². The number of nitrogens with one attached hydrogen (secondary N) is 2. The number of para-hydroxylation sites is 1. The lowest BCUT2D eigenvalue weighted by Gasteiger charge is -2.44. The van der Waals surface area contributed by atoms with Gasteiger partial charge in [-0.05, 0) is 56.0 Å². The zero-order valence-electron chi connectivity index (χ0n) is 18.2. The first kappa shape index (κ1) is 23.2. The van der Waals surface area contributed by atoms with E-state index >= 15 is 0 Å². The molecule has 1 aromatic heterocycles. The van der Waals surface area contributed by atoms with Gasteiger partial charge in [0.2, 0.25) is 9.47 Å². The minimum Gasteiger partial charge on any atom is -0.487 e. The Hall–Kier alpha value is -2.53. The van der Waals surface area contributed by atoms with E-state index in [-0.39, 0.29) is 15.1 Å². The molecule has 1 spiro atoms. The molecular formula is C23H23ClN4O4S2. The fourth-order valence-electron chi connectivity index (χ4n) is 4.60. The molecule has 1 aliphatic carbocycles. The highest BCUT2D eigenvalue weighted by atomic mass is 35.5. The van der Waals surface area contributed by atoms with Gasteiger partial charge >= 0.3 is 0 Å². The lowest BCUT2D eigenvalue weighted by atomic mass is 9.77. The molecule has 2 aromatic carbocycles. The van der Waals surface area contributed by atoms with Crippen molar-refractivity contribution >= 4 is 44.0 Å². The minimum atomic E-state index is -3.97. The van der Waals surface area contributed by atoms with Crippen molar-refractivity contribution in [2.24, 2.45) is 0 Å². The molecule has 1 aliphatic heterocycles. The Labute approximate surface area is 206 Å². The number of ether oxygens (including phenoxy) is 1. The summed E-state index contributed by atoms with van der Waals surface area (Å²) in [6, 6.07) is 13.4. The number of nitrogens with zero attached hydrogens (tertiary/aromatic N) is 2. The van der Waals surface area contributed by atoms with Crippen LogP contribution in [-0.4, -0.2) is 30.1 Å². The van der Waals surface area contributed by atoms with Crippen molar-refractivity contribution in [3.8, 4) is 5.75 Å². The summed E-state index contributed by atoms with van der Waals surface area (Å²) >= 11 is 6.66. The maximum Gasteiger partial charge on any atom is 0.270 e. The van der Waals surface area contributed by atoms with Gasteiger partial charge in [-0.3, -0.25) is 10.1 Å². The molecule has 8 nitrogen and oxygen atoms in total.